The summed E-state index contributed by atoms with van der Waals surface area (Å²) in [6.45, 7) is 6.51. The fraction of sp³-hybridized carbons (Fsp3) is 0.250. The lowest BCUT2D eigenvalue weighted by Gasteiger charge is -2.09. The summed E-state index contributed by atoms with van der Waals surface area (Å²) in [4.78, 5) is 4.55. The molecule has 2 heterocycles. The van der Waals surface area contributed by atoms with Crippen molar-refractivity contribution in [3.63, 3.8) is 0 Å². The monoisotopic (exact) mass is 269 g/mol. The van der Waals surface area contributed by atoms with Crippen LogP contribution in [0.25, 0.3) is 21.5 Å². The molecule has 0 saturated carbocycles. The molecule has 0 fully saturated rings. The molecular formula is C16H17N2S+. The van der Waals surface area contributed by atoms with Gasteiger partial charge in [-0.05, 0) is 38.0 Å². The van der Waals surface area contributed by atoms with Gasteiger partial charge >= 0.3 is 0 Å². The summed E-state index contributed by atoms with van der Waals surface area (Å²) in [5.41, 5.74) is 9.49. The number of thiazole rings is 1. The van der Waals surface area contributed by atoms with E-state index < -0.39 is 0 Å². The molecule has 0 bridgehead atoms. The smallest absolute Gasteiger partial charge is 0.238 e. The number of benzene rings is 1. The lowest BCUT2D eigenvalue weighted by atomic mass is 9.97. The van der Waals surface area contributed by atoms with Crippen LogP contribution < -0.4 is 4.57 Å². The average Bonchev–Trinajstić information content (AvgIpc) is 2.82. The third-order valence-electron chi connectivity index (χ3n) is 3.69. The molecule has 0 amide bonds. The molecule has 3 aromatic rings. The molecule has 96 valence electrons. The number of aryl methyl sites for hydroxylation is 3. The number of hydrogen-bond acceptors (Lipinski definition) is 2. The van der Waals surface area contributed by atoms with Crippen molar-refractivity contribution >= 4 is 21.6 Å². The molecule has 1 aromatic carbocycles. The first-order valence-corrected chi connectivity index (χ1v) is 7.26. The molecule has 0 N–H and O–H groups in total. The largest absolute Gasteiger partial charge is 0.239 e. The van der Waals surface area contributed by atoms with Gasteiger partial charge in [-0.3, -0.25) is 0 Å². The van der Waals surface area contributed by atoms with Crippen LogP contribution in [0.15, 0.2) is 29.9 Å². The van der Waals surface area contributed by atoms with Gasteiger partial charge in [0.05, 0.1) is 15.8 Å². The van der Waals surface area contributed by atoms with Gasteiger partial charge < -0.3 is 0 Å². The van der Waals surface area contributed by atoms with Crippen LogP contribution in [0.4, 0.5) is 0 Å². The number of nitrogens with zero attached hydrogens (tertiary/aromatic N) is 2. The van der Waals surface area contributed by atoms with Gasteiger partial charge in [-0.25, -0.2) is 4.98 Å². The van der Waals surface area contributed by atoms with E-state index in [0.717, 1.165) is 5.52 Å². The maximum absolute atomic E-state index is 4.55. The second-order valence-electron chi connectivity index (χ2n) is 5.09. The second-order valence-corrected chi connectivity index (χ2v) is 5.98. The molecule has 0 atom stereocenters. The summed E-state index contributed by atoms with van der Waals surface area (Å²) >= 11 is 1.69. The summed E-state index contributed by atoms with van der Waals surface area (Å²) in [6, 6.07) is 6.63. The Morgan fingerprint density at radius 3 is 2.74 bits per heavy atom. The van der Waals surface area contributed by atoms with E-state index >= 15 is 0 Å². The van der Waals surface area contributed by atoms with Crippen LogP contribution >= 0.6 is 11.3 Å². The van der Waals surface area contributed by atoms with Crippen molar-refractivity contribution in [2.75, 3.05) is 0 Å². The van der Waals surface area contributed by atoms with E-state index in [4.69, 9.17) is 0 Å². The highest BCUT2D eigenvalue weighted by Crippen LogP contribution is 2.30. The number of hydrogen-bond donors (Lipinski definition) is 0. The molecule has 0 unspecified atom stereocenters. The molecule has 0 spiro atoms. The number of fused-ring (bicyclic) bond motifs is 1. The lowest BCUT2D eigenvalue weighted by Crippen LogP contribution is -2.30. The standard InChI is InChI=1S/C16H17N2S/c1-10-7-11(2)12(3)13(8-10)16-15-14(19-9-17-15)5-6-18(16)4/h5-9H,1-4H3/q+1. The molecule has 0 radical (unpaired) electrons. The Morgan fingerprint density at radius 2 is 1.95 bits per heavy atom. The molecule has 0 aliphatic rings. The predicted octanol–water partition coefficient (Wildman–Crippen LogP) is 3.71. The Kier molecular flexibility index (Phi) is 2.86. The lowest BCUT2D eigenvalue weighted by molar-refractivity contribution is -0.659. The highest BCUT2D eigenvalue weighted by atomic mass is 32.1. The van der Waals surface area contributed by atoms with Gasteiger partial charge in [0.2, 0.25) is 5.69 Å². The van der Waals surface area contributed by atoms with Crippen molar-refractivity contribution in [2.45, 2.75) is 20.8 Å². The normalized spacial score (nSPS) is 11.2. The van der Waals surface area contributed by atoms with Crippen LogP contribution in [0.1, 0.15) is 16.7 Å². The quantitative estimate of drug-likeness (QED) is 0.615. The van der Waals surface area contributed by atoms with Crippen molar-refractivity contribution in [3.8, 4) is 11.3 Å². The van der Waals surface area contributed by atoms with Crippen LogP contribution in [-0.2, 0) is 7.05 Å². The first kappa shape index (κ1) is 12.3. The van der Waals surface area contributed by atoms with Gasteiger partial charge in [-0.15, -0.1) is 11.3 Å². The van der Waals surface area contributed by atoms with Crippen molar-refractivity contribution in [2.24, 2.45) is 7.05 Å². The summed E-state index contributed by atoms with van der Waals surface area (Å²) in [5.74, 6) is 0. The third kappa shape index (κ3) is 1.94. The van der Waals surface area contributed by atoms with E-state index in [-0.39, 0.29) is 0 Å². The second kappa shape index (κ2) is 4.42. The van der Waals surface area contributed by atoms with Crippen LogP contribution in [-0.4, -0.2) is 4.98 Å². The number of aromatic nitrogens is 2. The van der Waals surface area contributed by atoms with Crippen LogP contribution in [0.5, 0.6) is 0 Å². The summed E-state index contributed by atoms with van der Waals surface area (Å²) in [7, 11) is 2.09. The summed E-state index contributed by atoms with van der Waals surface area (Å²) < 4.78 is 3.41. The van der Waals surface area contributed by atoms with Gasteiger partial charge in [0, 0.05) is 6.07 Å². The van der Waals surface area contributed by atoms with Gasteiger partial charge in [0.1, 0.15) is 7.05 Å². The fourth-order valence-electron chi connectivity index (χ4n) is 2.58. The Balaban J connectivity index is 2.42. The minimum Gasteiger partial charge on any atom is -0.238 e. The summed E-state index contributed by atoms with van der Waals surface area (Å²) in [5, 5.41) is 0. The van der Waals surface area contributed by atoms with Crippen LogP contribution in [0.2, 0.25) is 0 Å². The van der Waals surface area contributed by atoms with Crippen LogP contribution in [0.3, 0.4) is 0 Å². The van der Waals surface area contributed by atoms with E-state index in [1.807, 2.05) is 5.51 Å². The van der Waals surface area contributed by atoms with Crippen molar-refractivity contribution in [1.29, 1.82) is 0 Å². The topological polar surface area (TPSA) is 16.8 Å². The Morgan fingerprint density at radius 1 is 1.16 bits per heavy atom. The van der Waals surface area contributed by atoms with Gasteiger partial charge in [0.25, 0.3) is 0 Å². The molecule has 3 heteroatoms. The first-order valence-electron chi connectivity index (χ1n) is 6.38. The minimum absolute atomic E-state index is 1.10. The number of rotatable bonds is 1. The summed E-state index contributed by atoms with van der Waals surface area (Å²) in [6.07, 6.45) is 2.12. The molecule has 19 heavy (non-hydrogen) atoms. The number of pyridine rings is 1. The highest BCUT2D eigenvalue weighted by Gasteiger charge is 2.19. The van der Waals surface area contributed by atoms with Gasteiger partial charge in [-0.1, -0.05) is 11.6 Å². The van der Waals surface area contributed by atoms with Crippen molar-refractivity contribution in [3.05, 3.63) is 46.6 Å². The molecule has 2 aromatic heterocycles. The zero-order chi connectivity index (χ0) is 13.6. The predicted molar refractivity (Wildman–Crippen MR) is 80.4 cm³/mol. The third-order valence-corrected chi connectivity index (χ3v) is 4.48. The maximum atomic E-state index is 4.55. The molecule has 0 aliphatic heterocycles. The zero-order valence-electron chi connectivity index (χ0n) is 11.7. The van der Waals surface area contributed by atoms with Crippen molar-refractivity contribution < 1.29 is 4.57 Å². The molecular weight excluding hydrogens is 252 g/mol. The van der Waals surface area contributed by atoms with Gasteiger partial charge in [0.15, 0.2) is 11.7 Å². The highest BCUT2D eigenvalue weighted by molar-refractivity contribution is 7.16. The first-order chi connectivity index (χ1) is 9.08. The SMILES string of the molecule is Cc1cc(C)c(C)c(-c2c3ncsc3cc[n+]2C)c1. The minimum atomic E-state index is 1.10. The van der Waals surface area contributed by atoms with Crippen molar-refractivity contribution in [1.82, 2.24) is 4.98 Å². The average molecular weight is 269 g/mol. The molecule has 0 aliphatic carbocycles. The zero-order valence-corrected chi connectivity index (χ0v) is 12.5. The molecule has 0 saturated heterocycles. The van der Waals surface area contributed by atoms with E-state index in [0.29, 0.717) is 0 Å². The van der Waals surface area contributed by atoms with E-state index in [1.165, 1.54) is 32.6 Å². The van der Waals surface area contributed by atoms with Gasteiger partial charge in [-0.2, -0.15) is 4.57 Å². The van der Waals surface area contributed by atoms with E-state index in [1.54, 1.807) is 11.3 Å². The Hall–Kier alpha value is -1.74. The molecule has 2 nitrogen and oxygen atoms in total. The van der Waals surface area contributed by atoms with E-state index in [9.17, 15) is 0 Å². The maximum Gasteiger partial charge on any atom is 0.239 e. The van der Waals surface area contributed by atoms with Crippen LogP contribution in [0, 0.1) is 20.8 Å². The Labute approximate surface area is 117 Å². The fourth-order valence-corrected chi connectivity index (χ4v) is 3.25. The van der Waals surface area contributed by atoms with E-state index in [2.05, 4.69) is 61.8 Å². The Bertz CT molecular complexity index is 772. The molecule has 3 rings (SSSR count).